The van der Waals surface area contributed by atoms with Gasteiger partial charge in [-0.15, -0.1) is 0 Å². The number of rotatable bonds is 1. The summed E-state index contributed by atoms with van der Waals surface area (Å²) in [6.07, 6.45) is 3.26. The lowest BCUT2D eigenvalue weighted by atomic mass is 9.62. The summed E-state index contributed by atoms with van der Waals surface area (Å²) < 4.78 is 0. The van der Waals surface area contributed by atoms with Crippen molar-refractivity contribution in [3.8, 4) is 0 Å². The van der Waals surface area contributed by atoms with Crippen LogP contribution in [-0.2, 0) is 4.79 Å². The highest BCUT2D eigenvalue weighted by Crippen LogP contribution is 2.50. The molecule has 3 nitrogen and oxygen atoms in total. The standard InChI is InChI=1S/C9H15NO2/c1-6-2-9(3-6)4-7(8(11)12)10-5-9/h6-7,10H,2-5H2,1H3,(H,11,12). The number of hydrogen-bond donors (Lipinski definition) is 2. The Morgan fingerprint density at radius 3 is 2.58 bits per heavy atom. The number of aliphatic carboxylic acids is 1. The van der Waals surface area contributed by atoms with Crippen molar-refractivity contribution >= 4 is 5.97 Å². The first-order chi connectivity index (χ1) is 5.61. The molecule has 0 amide bonds. The fraction of sp³-hybridized carbons (Fsp3) is 0.889. The average Bonchev–Trinajstić information content (AvgIpc) is 2.31. The molecule has 1 aliphatic carbocycles. The molecule has 0 aromatic rings. The molecule has 2 N–H and O–H groups in total. The highest BCUT2D eigenvalue weighted by molar-refractivity contribution is 5.74. The molecule has 2 aliphatic rings. The quantitative estimate of drug-likeness (QED) is 0.611. The molecule has 1 saturated heterocycles. The summed E-state index contributed by atoms with van der Waals surface area (Å²) in [5, 5.41) is 11.8. The van der Waals surface area contributed by atoms with Gasteiger partial charge < -0.3 is 10.4 Å². The molecular formula is C9H15NO2. The summed E-state index contributed by atoms with van der Waals surface area (Å²) in [4.78, 5) is 10.6. The van der Waals surface area contributed by atoms with Crippen LogP contribution in [0.25, 0.3) is 0 Å². The van der Waals surface area contributed by atoms with Gasteiger partial charge in [0.05, 0.1) is 0 Å². The largest absolute Gasteiger partial charge is 0.480 e. The molecule has 0 bridgehead atoms. The van der Waals surface area contributed by atoms with E-state index in [1.54, 1.807) is 0 Å². The second-order valence-electron chi connectivity index (χ2n) is 4.49. The van der Waals surface area contributed by atoms with Gasteiger partial charge >= 0.3 is 5.97 Å². The summed E-state index contributed by atoms with van der Waals surface area (Å²) in [6.45, 7) is 3.15. The smallest absolute Gasteiger partial charge is 0.320 e. The van der Waals surface area contributed by atoms with Crippen LogP contribution in [0.4, 0.5) is 0 Å². The number of carboxylic acid groups (broad SMARTS) is 1. The number of carbonyl (C=O) groups is 1. The van der Waals surface area contributed by atoms with Crippen molar-refractivity contribution in [3.63, 3.8) is 0 Å². The van der Waals surface area contributed by atoms with Gasteiger partial charge in [-0.2, -0.15) is 0 Å². The Hall–Kier alpha value is -0.570. The van der Waals surface area contributed by atoms with E-state index in [0.29, 0.717) is 5.41 Å². The second-order valence-corrected chi connectivity index (χ2v) is 4.49. The Balaban J connectivity index is 1.95. The summed E-state index contributed by atoms with van der Waals surface area (Å²) >= 11 is 0. The highest BCUT2D eigenvalue weighted by atomic mass is 16.4. The lowest BCUT2D eigenvalue weighted by Crippen LogP contribution is -2.37. The van der Waals surface area contributed by atoms with Crippen LogP contribution in [0.15, 0.2) is 0 Å². The minimum Gasteiger partial charge on any atom is -0.480 e. The van der Waals surface area contributed by atoms with Crippen LogP contribution in [0.2, 0.25) is 0 Å². The first kappa shape index (κ1) is 8.05. The molecule has 12 heavy (non-hydrogen) atoms. The van der Waals surface area contributed by atoms with E-state index < -0.39 is 5.97 Å². The maximum atomic E-state index is 10.6. The van der Waals surface area contributed by atoms with Crippen LogP contribution in [0.3, 0.4) is 0 Å². The first-order valence-electron chi connectivity index (χ1n) is 4.57. The van der Waals surface area contributed by atoms with Crippen molar-refractivity contribution in [2.24, 2.45) is 11.3 Å². The zero-order valence-electron chi connectivity index (χ0n) is 7.34. The molecule has 3 heteroatoms. The van der Waals surface area contributed by atoms with Gasteiger partial charge in [0.1, 0.15) is 6.04 Å². The summed E-state index contributed by atoms with van der Waals surface area (Å²) in [7, 11) is 0. The maximum absolute atomic E-state index is 10.6. The van der Waals surface area contributed by atoms with E-state index >= 15 is 0 Å². The Morgan fingerprint density at radius 2 is 2.17 bits per heavy atom. The monoisotopic (exact) mass is 169 g/mol. The zero-order chi connectivity index (χ0) is 8.77. The summed E-state index contributed by atoms with van der Waals surface area (Å²) in [5.74, 6) is 0.116. The highest BCUT2D eigenvalue weighted by Gasteiger charge is 2.48. The topological polar surface area (TPSA) is 49.3 Å². The van der Waals surface area contributed by atoms with Gasteiger partial charge in [0.25, 0.3) is 0 Å². The lowest BCUT2D eigenvalue weighted by molar-refractivity contribution is -0.139. The fourth-order valence-electron chi connectivity index (χ4n) is 2.82. The predicted molar refractivity (Wildman–Crippen MR) is 44.9 cm³/mol. The molecule has 1 saturated carbocycles. The van der Waals surface area contributed by atoms with Crippen LogP contribution in [0.1, 0.15) is 26.2 Å². The predicted octanol–water partition coefficient (Wildman–Crippen LogP) is 0.849. The molecule has 1 heterocycles. The fourth-order valence-corrected chi connectivity index (χ4v) is 2.82. The zero-order valence-corrected chi connectivity index (χ0v) is 7.34. The van der Waals surface area contributed by atoms with Crippen molar-refractivity contribution in [2.45, 2.75) is 32.2 Å². The first-order valence-corrected chi connectivity index (χ1v) is 4.57. The van der Waals surface area contributed by atoms with Crippen molar-refractivity contribution in [1.82, 2.24) is 5.32 Å². The SMILES string of the molecule is CC1CC2(CNC(C(=O)O)C2)C1. The maximum Gasteiger partial charge on any atom is 0.320 e. The van der Waals surface area contributed by atoms with E-state index in [4.69, 9.17) is 5.11 Å². The van der Waals surface area contributed by atoms with Gasteiger partial charge in [-0.1, -0.05) is 6.92 Å². The van der Waals surface area contributed by atoms with Crippen LogP contribution < -0.4 is 5.32 Å². The van der Waals surface area contributed by atoms with Gasteiger partial charge in [0.15, 0.2) is 0 Å². The molecule has 0 aromatic carbocycles. The van der Waals surface area contributed by atoms with Crippen LogP contribution >= 0.6 is 0 Å². The van der Waals surface area contributed by atoms with Crippen molar-refractivity contribution in [2.75, 3.05) is 6.54 Å². The van der Waals surface area contributed by atoms with Crippen molar-refractivity contribution in [3.05, 3.63) is 0 Å². The number of hydrogen-bond acceptors (Lipinski definition) is 2. The minimum atomic E-state index is -0.688. The van der Waals surface area contributed by atoms with E-state index in [1.165, 1.54) is 12.8 Å². The molecule has 2 fully saturated rings. The lowest BCUT2D eigenvalue weighted by Gasteiger charge is -2.43. The molecule has 68 valence electrons. The van der Waals surface area contributed by atoms with Gasteiger partial charge in [-0.3, -0.25) is 4.79 Å². The molecule has 2 rings (SSSR count). The van der Waals surface area contributed by atoms with E-state index in [0.717, 1.165) is 18.9 Å². The Bertz CT molecular complexity index is 209. The molecular weight excluding hydrogens is 154 g/mol. The third-order valence-corrected chi connectivity index (χ3v) is 3.22. The normalized spacial score (nSPS) is 46.1. The second kappa shape index (κ2) is 2.46. The van der Waals surface area contributed by atoms with Crippen LogP contribution in [-0.4, -0.2) is 23.7 Å². The Kier molecular flexibility index (Phi) is 1.65. The Labute approximate surface area is 72.2 Å². The average molecular weight is 169 g/mol. The van der Waals surface area contributed by atoms with Crippen LogP contribution in [0, 0.1) is 11.3 Å². The van der Waals surface area contributed by atoms with Gasteiger partial charge in [-0.25, -0.2) is 0 Å². The molecule has 0 radical (unpaired) electrons. The van der Waals surface area contributed by atoms with E-state index in [-0.39, 0.29) is 6.04 Å². The Morgan fingerprint density at radius 1 is 1.50 bits per heavy atom. The van der Waals surface area contributed by atoms with Crippen molar-refractivity contribution in [1.29, 1.82) is 0 Å². The van der Waals surface area contributed by atoms with Gasteiger partial charge in [-0.05, 0) is 30.6 Å². The third kappa shape index (κ3) is 1.12. The van der Waals surface area contributed by atoms with Gasteiger partial charge in [0.2, 0.25) is 0 Å². The summed E-state index contributed by atoms with van der Waals surface area (Å²) in [6, 6.07) is -0.280. The number of carboxylic acids is 1. The molecule has 0 aromatic heterocycles. The summed E-state index contributed by atoms with van der Waals surface area (Å²) in [5.41, 5.74) is 0.350. The molecule has 1 atom stereocenters. The van der Waals surface area contributed by atoms with Gasteiger partial charge in [0, 0.05) is 6.54 Å². The molecule has 1 unspecified atom stereocenters. The van der Waals surface area contributed by atoms with E-state index in [1.807, 2.05) is 0 Å². The van der Waals surface area contributed by atoms with Crippen molar-refractivity contribution < 1.29 is 9.90 Å². The van der Waals surface area contributed by atoms with Crippen LogP contribution in [0.5, 0.6) is 0 Å². The molecule has 1 aliphatic heterocycles. The minimum absolute atomic E-state index is 0.280. The van der Waals surface area contributed by atoms with E-state index in [9.17, 15) is 4.79 Å². The third-order valence-electron chi connectivity index (χ3n) is 3.22. The molecule has 1 spiro atoms. The van der Waals surface area contributed by atoms with E-state index in [2.05, 4.69) is 12.2 Å². The number of nitrogens with one attached hydrogen (secondary N) is 1.